The summed E-state index contributed by atoms with van der Waals surface area (Å²) in [6.07, 6.45) is -0.476. The van der Waals surface area contributed by atoms with Crippen LogP contribution in [0.5, 0.6) is 5.75 Å². The first-order valence-electron chi connectivity index (χ1n) is 7.31. The second kappa shape index (κ2) is 7.98. The SMILES string of the molecule is COc1ccccc1[C@H](CNS(=O)(=O)c1cccc(Cl)c1C)OC. The lowest BCUT2D eigenvalue weighted by molar-refractivity contribution is 0.105. The Morgan fingerprint density at radius 1 is 1.12 bits per heavy atom. The number of para-hydroxylation sites is 1. The van der Waals surface area contributed by atoms with Gasteiger partial charge in [-0.1, -0.05) is 35.9 Å². The van der Waals surface area contributed by atoms with Gasteiger partial charge in [0.05, 0.1) is 18.1 Å². The normalized spacial score (nSPS) is 12.8. The largest absolute Gasteiger partial charge is 0.496 e. The van der Waals surface area contributed by atoms with Crippen LogP contribution in [0.25, 0.3) is 0 Å². The summed E-state index contributed by atoms with van der Waals surface area (Å²) in [6, 6.07) is 12.1. The number of methoxy groups -OCH3 is 2. The summed E-state index contributed by atoms with van der Waals surface area (Å²) >= 11 is 6.01. The second-order valence-electron chi connectivity index (χ2n) is 5.18. The van der Waals surface area contributed by atoms with Crippen molar-refractivity contribution in [2.45, 2.75) is 17.9 Å². The number of hydrogen-bond acceptors (Lipinski definition) is 4. The van der Waals surface area contributed by atoms with E-state index in [4.69, 9.17) is 21.1 Å². The molecule has 2 aromatic rings. The lowest BCUT2D eigenvalue weighted by atomic mass is 10.1. The summed E-state index contributed by atoms with van der Waals surface area (Å²) < 4.78 is 38.4. The van der Waals surface area contributed by atoms with Gasteiger partial charge in [-0.3, -0.25) is 0 Å². The highest BCUT2D eigenvalue weighted by Gasteiger charge is 2.22. The van der Waals surface area contributed by atoms with Gasteiger partial charge < -0.3 is 9.47 Å². The van der Waals surface area contributed by atoms with E-state index in [0.29, 0.717) is 16.3 Å². The van der Waals surface area contributed by atoms with E-state index in [0.717, 1.165) is 5.56 Å². The molecule has 2 aromatic carbocycles. The first kappa shape index (κ1) is 18.7. The third-order valence-electron chi connectivity index (χ3n) is 3.74. The van der Waals surface area contributed by atoms with E-state index in [2.05, 4.69) is 4.72 Å². The lowest BCUT2D eigenvalue weighted by Gasteiger charge is -2.19. The minimum atomic E-state index is -3.70. The molecular formula is C17H20ClNO4S. The van der Waals surface area contributed by atoms with Crippen molar-refractivity contribution in [3.63, 3.8) is 0 Å². The molecule has 0 aliphatic rings. The Kier molecular flexibility index (Phi) is 6.23. The smallest absolute Gasteiger partial charge is 0.240 e. The fraction of sp³-hybridized carbons (Fsp3) is 0.294. The number of benzene rings is 2. The summed E-state index contributed by atoms with van der Waals surface area (Å²) in [7, 11) is -0.617. The van der Waals surface area contributed by atoms with E-state index >= 15 is 0 Å². The number of hydrogen-bond donors (Lipinski definition) is 1. The van der Waals surface area contributed by atoms with E-state index in [9.17, 15) is 8.42 Å². The zero-order chi connectivity index (χ0) is 17.7. The minimum absolute atomic E-state index is 0.0746. The molecule has 0 aliphatic carbocycles. The summed E-state index contributed by atoms with van der Waals surface area (Å²) in [5.74, 6) is 0.641. The van der Waals surface area contributed by atoms with Crippen LogP contribution in [0.4, 0.5) is 0 Å². The number of halogens is 1. The van der Waals surface area contributed by atoms with Crippen LogP contribution in [0.15, 0.2) is 47.4 Å². The van der Waals surface area contributed by atoms with Crippen LogP contribution >= 0.6 is 11.6 Å². The van der Waals surface area contributed by atoms with Crippen molar-refractivity contribution >= 4 is 21.6 Å². The van der Waals surface area contributed by atoms with E-state index < -0.39 is 16.1 Å². The van der Waals surface area contributed by atoms with Crippen LogP contribution in [0, 0.1) is 6.92 Å². The van der Waals surface area contributed by atoms with Crippen molar-refractivity contribution in [1.29, 1.82) is 0 Å². The van der Waals surface area contributed by atoms with Crippen molar-refractivity contribution in [2.75, 3.05) is 20.8 Å². The highest BCUT2D eigenvalue weighted by atomic mass is 35.5. The maximum absolute atomic E-state index is 12.6. The third kappa shape index (κ3) is 4.08. The fourth-order valence-electron chi connectivity index (χ4n) is 2.39. The molecule has 0 fully saturated rings. The van der Waals surface area contributed by atoms with Gasteiger partial charge in [-0.15, -0.1) is 0 Å². The Bertz CT molecular complexity index is 808. The Balaban J connectivity index is 2.22. The molecule has 2 rings (SSSR count). The third-order valence-corrected chi connectivity index (χ3v) is 5.71. The van der Waals surface area contributed by atoms with E-state index in [1.807, 2.05) is 18.2 Å². The molecule has 0 saturated heterocycles. The Labute approximate surface area is 147 Å². The Morgan fingerprint density at radius 2 is 1.83 bits per heavy atom. The molecule has 0 unspecified atom stereocenters. The quantitative estimate of drug-likeness (QED) is 0.813. The van der Waals surface area contributed by atoms with Crippen molar-refractivity contribution in [3.8, 4) is 5.75 Å². The molecule has 0 aliphatic heterocycles. The second-order valence-corrected chi connectivity index (χ2v) is 7.32. The zero-order valence-electron chi connectivity index (χ0n) is 13.7. The number of sulfonamides is 1. The summed E-state index contributed by atoms with van der Waals surface area (Å²) in [5.41, 5.74) is 1.28. The van der Waals surface area contributed by atoms with E-state index in [1.54, 1.807) is 32.2 Å². The highest BCUT2D eigenvalue weighted by molar-refractivity contribution is 7.89. The van der Waals surface area contributed by atoms with E-state index in [1.165, 1.54) is 13.2 Å². The lowest BCUT2D eigenvalue weighted by Crippen LogP contribution is -2.30. The van der Waals surface area contributed by atoms with Crippen LogP contribution in [0.1, 0.15) is 17.2 Å². The molecule has 1 atom stereocenters. The molecule has 130 valence electrons. The van der Waals surface area contributed by atoms with Crippen LogP contribution < -0.4 is 9.46 Å². The minimum Gasteiger partial charge on any atom is -0.496 e. The van der Waals surface area contributed by atoms with Gasteiger partial charge in [0, 0.05) is 24.2 Å². The molecule has 5 nitrogen and oxygen atoms in total. The van der Waals surface area contributed by atoms with Gasteiger partial charge in [0.2, 0.25) is 10.0 Å². The van der Waals surface area contributed by atoms with Crippen molar-refractivity contribution in [2.24, 2.45) is 0 Å². The molecule has 0 heterocycles. The maximum Gasteiger partial charge on any atom is 0.240 e. The monoisotopic (exact) mass is 369 g/mol. The average molecular weight is 370 g/mol. The molecule has 0 spiro atoms. The van der Waals surface area contributed by atoms with Gasteiger partial charge in [-0.05, 0) is 30.7 Å². The van der Waals surface area contributed by atoms with Gasteiger partial charge in [0.15, 0.2) is 0 Å². The van der Waals surface area contributed by atoms with Crippen molar-refractivity contribution < 1.29 is 17.9 Å². The maximum atomic E-state index is 12.6. The summed E-state index contributed by atoms with van der Waals surface area (Å²) in [6.45, 7) is 1.75. The standard InChI is InChI=1S/C17H20ClNO4S/c1-12-14(18)8-6-10-17(12)24(20,21)19-11-16(23-3)13-7-4-5-9-15(13)22-2/h4-10,16,19H,11H2,1-3H3/t16-/m0/s1. The average Bonchev–Trinajstić information content (AvgIpc) is 2.58. The van der Waals surface area contributed by atoms with Gasteiger partial charge in [-0.25, -0.2) is 13.1 Å². The fourth-order valence-corrected chi connectivity index (χ4v) is 3.92. The van der Waals surface area contributed by atoms with Gasteiger partial charge in [0.1, 0.15) is 5.75 Å². The predicted molar refractivity (Wildman–Crippen MR) is 94.1 cm³/mol. The Hall–Kier alpha value is -1.60. The molecule has 0 saturated carbocycles. The van der Waals surface area contributed by atoms with Gasteiger partial charge in [-0.2, -0.15) is 0 Å². The number of nitrogens with one attached hydrogen (secondary N) is 1. The Morgan fingerprint density at radius 3 is 2.50 bits per heavy atom. The molecule has 0 aromatic heterocycles. The van der Waals surface area contributed by atoms with Crippen LogP contribution in [0.3, 0.4) is 0 Å². The molecule has 24 heavy (non-hydrogen) atoms. The van der Waals surface area contributed by atoms with E-state index in [-0.39, 0.29) is 11.4 Å². The summed E-state index contributed by atoms with van der Waals surface area (Å²) in [4.78, 5) is 0.157. The number of ether oxygens (including phenoxy) is 2. The first-order valence-corrected chi connectivity index (χ1v) is 9.17. The van der Waals surface area contributed by atoms with Crippen LogP contribution in [0.2, 0.25) is 5.02 Å². The molecule has 0 radical (unpaired) electrons. The molecule has 7 heteroatoms. The molecule has 0 bridgehead atoms. The van der Waals surface area contributed by atoms with Crippen molar-refractivity contribution in [3.05, 3.63) is 58.6 Å². The topological polar surface area (TPSA) is 64.6 Å². The van der Waals surface area contributed by atoms with Crippen molar-refractivity contribution in [1.82, 2.24) is 4.72 Å². The number of rotatable bonds is 7. The van der Waals surface area contributed by atoms with Crippen LogP contribution in [-0.2, 0) is 14.8 Å². The first-order chi connectivity index (χ1) is 11.4. The van der Waals surface area contributed by atoms with Gasteiger partial charge >= 0.3 is 0 Å². The summed E-state index contributed by atoms with van der Waals surface area (Å²) in [5, 5.41) is 0.408. The predicted octanol–water partition coefficient (Wildman–Crippen LogP) is 3.32. The van der Waals surface area contributed by atoms with Gasteiger partial charge in [0.25, 0.3) is 0 Å². The zero-order valence-corrected chi connectivity index (χ0v) is 15.3. The molecular weight excluding hydrogens is 350 g/mol. The molecule has 0 amide bonds. The van der Waals surface area contributed by atoms with Crippen LogP contribution in [-0.4, -0.2) is 29.2 Å². The highest BCUT2D eigenvalue weighted by Crippen LogP contribution is 2.27. The molecule has 1 N–H and O–H groups in total.